The Morgan fingerprint density at radius 1 is 0.956 bits per heavy atom. The predicted molar refractivity (Wildman–Crippen MR) is 164 cm³/mol. The summed E-state index contributed by atoms with van der Waals surface area (Å²) in [6.07, 6.45) is 2.36. The van der Waals surface area contributed by atoms with Gasteiger partial charge in [-0.05, 0) is 74.1 Å². The number of piperazine rings is 1. The van der Waals surface area contributed by atoms with Gasteiger partial charge in [-0.1, -0.05) is 10.5 Å². The molecule has 0 radical (unpaired) electrons. The average Bonchev–Trinajstić information content (AvgIpc) is 3.03. The molecule has 236 valence electrons. The van der Waals surface area contributed by atoms with Crippen molar-refractivity contribution < 1.29 is 31.6 Å². The van der Waals surface area contributed by atoms with E-state index >= 15 is 0 Å². The van der Waals surface area contributed by atoms with Crippen LogP contribution in [0.5, 0.6) is 5.75 Å². The molecule has 1 aliphatic heterocycles. The SMILES string of the molecule is CN1CCN(CCCOc2ccc(-c3cc(Nc4ccc(N(OC=O)S(=O)(=O)c5c(F)cccc5F)cc4)ncn3)cc2)CC1. The first kappa shape index (κ1) is 31.8. The molecule has 4 aromatic rings. The van der Waals surface area contributed by atoms with Crippen molar-refractivity contribution in [3.8, 4) is 17.0 Å². The van der Waals surface area contributed by atoms with Gasteiger partial charge in [-0.2, -0.15) is 8.42 Å². The first-order chi connectivity index (χ1) is 21.7. The summed E-state index contributed by atoms with van der Waals surface area (Å²) in [6, 6.07) is 17.5. The van der Waals surface area contributed by atoms with E-state index < -0.39 is 26.6 Å². The Morgan fingerprint density at radius 2 is 1.64 bits per heavy atom. The monoisotopic (exact) mass is 638 g/mol. The van der Waals surface area contributed by atoms with Gasteiger partial charge >= 0.3 is 16.5 Å². The minimum Gasteiger partial charge on any atom is -0.494 e. The Balaban J connectivity index is 1.20. The second-order valence-electron chi connectivity index (χ2n) is 10.3. The Kier molecular flexibility index (Phi) is 10.2. The van der Waals surface area contributed by atoms with Gasteiger partial charge in [0.1, 0.15) is 29.5 Å². The minimum atomic E-state index is -4.93. The maximum Gasteiger partial charge on any atom is 0.322 e. The Bertz CT molecular complexity index is 1680. The molecule has 1 aliphatic rings. The van der Waals surface area contributed by atoms with Crippen LogP contribution in [0, 0.1) is 11.6 Å². The molecule has 3 aromatic carbocycles. The number of halogens is 2. The zero-order valence-electron chi connectivity index (χ0n) is 24.5. The van der Waals surface area contributed by atoms with Crippen molar-refractivity contribution in [2.75, 3.05) is 56.2 Å². The summed E-state index contributed by atoms with van der Waals surface area (Å²) in [5, 5.41) is 3.10. The van der Waals surface area contributed by atoms with E-state index in [1.807, 2.05) is 24.3 Å². The molecule has 0 saturated carbocycles. The Labute approximate surface area is 260 Å². The number of benzene rings is 3. The number of nitrogens with zero attached hydrogens (tertiary/aromatic N) is 5. The summed E-state index contributed by atoms with van der Waals surface area (Å²) in [5.74, 6) is -1.42. The smallest absolute Gasteiger partial charge is 0.322 e. The van der Waals surface area contributed by atoms with Crippen molar-refractivity contribution in [2.45, 2.75) is 11.3 Å². The van der Waals surface area contributed by atoms with Gasteiger partial charge in [0.05, 0.1) is 18.0 Å². The van der Waals surface area contributed by atoms with Crippen LogP contribution >= 0.6 is 0 Å². The first-order valence-corrected chi connectivity index (χ1v) is 15.6. The summed E-state index contributed by atoms with van der Waals surface area (Å²) in [4.78, 5) is 27.8. The molecular weight excluding hydrogens is 606 g/mol. The second kappa shape index (κ2) is 14.4. The zero-order valence-corrected chi connectivity index (χ0v) is 25.3. The van der Waals surface area contributed by atoms with Crippen LogP contribution in [-0.2, 0) is 19.7 Å². The lowest BCUT2D eigenvalue weighted by Gasteiger charge is -2.32. The fraction of sp³-hybridized carbons (Fsp3) is 0.258. The average molecular weight is 639 g/mol. The van der Waals surface area contributed by atoms with E-state index in [0.29, 0.717) is 23.8 Å². The summed E-state index contributed by atoms with van der Waals surface area (Å²) in [6.45, 7) is 5.87. The van der Waals surface area contributed by atoms with Crippen molar-refractivity contribution in [1.82, 2.24) is 19.8 Å². The van der Waals surface area contributed by atoms with E-state index in [9.17, 15) is 22.0 Å². The highest BCUT2D eigenvalue weighted by molar-refractivity contribution is 7.92. The number of likely N-dealkylation sites (N-methyl/N-ethyl adjacent to an activating group) is 1. The van der Waals surface area contributed by atoms with E-state index in [-0.39, 0.29) is 16.6 Å². The maximum atomic E-state index is 14.3. The lowest BCUT2D eigenvalue weighted by Crippen LogP contribution is -2.44. The fourth-order valence-corrected chi connectivity index (χ4v) is 6.12. The number of hydrogen-bond donors (Lipinski definition) is 1. The number of anilines is 3. The topological polar surface area (TPSA) is 117 Å². The van der Waals surface area contributed by atoms with Gasteiger partial charge in [0.15, 0.2) is 4.90 Å². The van der Waals surface area contributed by atoms with Crippen LogP contribution in [-0.4, -0.2) is 81.0 Å². The molecule has 45 heavy (non-hydrogen) atoms. The first-order valence-electron chi connectivity index (χ1n) is 14.2. The van der Waals surface area contributed by atoms with E-state index in [0.717, 1.165) is 68.7 Å². The van der Waals surface area contributed by atoms with Crippen molar-refractivity contribution >= 4 is 33.7 Å². The number of carbonyl (C=O) groups excluding carboxylic acids is 1. The third kappa shape index (κ3) is 7.90. The van der Waals surface area contributed by atoms with Crippen molar-refractivity contribution in [1.29, 1.82) is 0 Å². The van der Waals surface area contributed by atoms with Crippen LogP contribution in [0.1, 0.15) is 6.42 Å². The third-order valence-electron chi connectivity index (χ3n) is 7.18. The van der Waals surface area contributed by atoms with Crippen molar-refractivity contribution in [2.24, 2.45) is 0 Å². The largest absolute Gasteiger partial charge is 0.494 e. The maximum absolute atomic E-state index is 14.3. The Morgan fingerprint density at radius 3 is 2.31 bits per heavy atom. The van der Waals surface area contributed by atoms with Gasteiger partial charge in [0.25, 0.3) is 0 Å². The molecule has 1 saturated heterocycles. The molecule has 0 amide bonds. The highest BCUT2D eigenvalue weighted by Crippen LogP contribution is 2.29. The van der Waals surface area contributed by atoms with Gasteiger partial charge in [0.2, 0.25) is 0 Å². The molecule has 1 fully saturated rings. The number of rotatable bonds is 13. The lowest BCUT2D eigenvalue weighted by atomic mass is 10.1. The van der Waals surface area contributed by atoms with Gasteiger partial charge < -0.3 is 24.7 Å². The molecule has 1 N–H and O–H groups in total. The van der Waals surface area contributed by atoms with Crippen LogP contribution < -0.4 is 14.5 Å². The summed E-state index contributed by atoms with van der Waals surface area (Å²) >= 11 is 0. The number of carbonyl (C=O) groups is 1. The quantitative estimate of drug-likeness (QED) is 0.128. The molecule has 0 spiro atoms. The normalized spacial score (nSPS) is 14.1. The summed E-state index contributed by atoms with van der Waals surface area (Å²) in [5.41, 5.74) is 1.85. The van der Waals surface area contributed by atoms with Gasteiger partial charge in [-0.25, -0.2) is 18.7 Å². The van der Waals surface area contributed by atoms with Crippen LogP contribution in [0.4, 0.5) is 26.0 Å². The van der Waals surface area contributed by atoms with Gasteiger partial charge in [-0.15, -0.1) is 0 Å². The number of aromatic nitrogens is 2. The predicted octanol–water partition coefficient (Wildman–Crippen LogP) is 4.47. The van der Waals surface area contributed by atoms with E-state index in [4.69, 9.17) is 4.74 Å². The molecule has 0 unspecified atom stereocenters. The highest BCUT2D eigenvalue weighted by atomic mass is 32.2. The molecule has 5 rings (SSSR count). The number of hydrogen-bond acceptors (Lipinski definition) is 10. The number of nitrogens with one attached hydrogen (secondary N) is 1. The van der Waals surface area contributed by atoms with Crippen molar-refractivity contribution in [3.05, 3.63) is 90.8 Å². The van der Waals surface area contributed by atoms with E-state index in [1.54, 1.807) is 6.07 Å². The fourth-order valence-electron chi connectivity index (χ4n) is 4.78. The van der Waals surface area contributed by atoms with Gasteiger partial charge in [-0.3, -0.25) is 4.79 Å². The van der Waals surface area contributed by atoms with Crippen LogP contribution in [0.15, 0.2) is 84.0 Å². The van der Waals surface area contributed by atoms with E-state index in [2.05, 4.69) is 37.0 Å². The molecule has 0 atom stereocenters. The molecule has 0 aliphatic carbocycles. The standard InChI is InChI=1S/C31H32F2N6O5S/c1-37-15-17-38(18-16-37)14-3-19-43-26-12-6-23(7-13-26)29-20-30(35-21-34-29)36-24-8-10-25(11-9-24)39(44-22-40)45(41,42)31-27(32)4-2-5-28(31)33/h2,4-13,20-22H,3,14-19H2,1H3,(H,34,35,36). The molecule has 2 heterocycles. The molecular formula is C31H32F2N6O5S. The molecule has 0 bridgehead atoms. The summed E-state index contributed by atoms with van der Waals surface area (Å²) < 4.78 is 60.6. The van der Waals surface area contributed by atoms with E-state index in [1.165, 1.54) is 30.6 Å². The summed E-state index contributed by atoms with van der Waals surface area (Å²) in [7, 11) is -2.78. The second-order valence-corrected chi connectivity index (χ2v) is 12.0. The van der Waals surface area contributed by atoms with Crippen LogP contribution in [0.3, 0.4) is 0 Å². The Hall–Kier alpha value is -4.66. The van der Waals surface area contributed by atoms with Gasteiger partial charge in [0, 0.05) is 50.0 Å². The minimum absolute atomic E-state index is 0.148. The molecule has 1 aromatic heterocycles. The zero-order chi connectivity index (χ0) is 31.8. The molecule has 11 nitrogen and oxygen atoms in total. The third-order valence-corrected chi connectivity index (χ3v) is 8.82. The molecule has 14 heteroatoms. The lowest BCUT2D eigenvalue weighted by molar-refractivity contribution is -0.128. The van der Waals surface area contributed by atoms with Crippen LogP contribution in [0.2, 0.25) is 0 Å². The number of ether oxygens (including phenoxy) is 1. The highest BCUT2D eigenvalue weighted by Gasteiger charge is 2.33. The number of sulfonamides is 1. The van der Waals surface area contributed by atoms with Crippen LogP contribution in [0.25, 0.3) is 11.3 Å². The van der Waals surface area contributed by atoms with Crippen molar-refractivity contribution in [3.63, 3.8) is 0 Å².